The number of halogens is 1. The van der Waals surface area contributed by atoms with Crippen LogP contribution in [0.25, 0.3) is 10.1 Å². The van der Waals surface area contributed by atoms with Crippen LogP contribution in [0.1, 0.15) is 5.56 Å². The number of ether oxygens (including phenoxy) is 1. The molecular weight excluding hydrogens is 310 g/mol. The fourth-order valence-electron chi connectivity index (χ4n) is 2.05. The highest BCUT2D eigenvalue weighted by Crippen LogP contribution is 2.32. The van der Waals surface area contributed by atoms with Gasteiger partial charge in [-0.05, 0) is 22.9 Å². The first-order valence-electron chi connectivity index (χ1n) is 6.17. The van der Waals surface area contributed by atoms with Gasteiger partial charge in [-0.3, -0.25) is 10.1 Å². The van der Waals surface area contributed by atoms with Crippen LogP contribution in [0.2, 0.25) is 5.02 Å². The summed E-state index contributed by atoms with van der Waals surface area (Å²) in [7, 11) is 0. The SMILES string of the molecule is O=[N+]([O-])c1ccc(Cl)cc1OCc1csc2ccccc12. The lowest BCUT2D eigenvalue weighted by atomic mass is 10.2. The molecule has 0 radical (unpaired) electrons. The van der Waals surface area contributed by atoms with E-state index in [2.05, 4.69) is 0 Å². The standard InChI is InChI=1S/C15H10ClNO3S/c16-11-5-6-13(17(18)19)14(7-11)20-8-10-9-21-15-4-2-1-3-12(10)15/h1-7,9H,8H2. The van der Waals surface area contributed by atoms with E-state index in [1.807, 2.05) is 29.6 Å². The molecule has 0 atom stereocenters. The minimum atomic E-state index is -0.475. The summed E-state index contributed by atoms with van der Waals surface area (Å²) in [6, 6.07) is 12.3. The Bertz CT molecular complexity index is 816. The van der Waals surface area contributed by atoms with Crippen molar-refractivity contribution >= 4 is 38.7 Å². The Labute approximate surface area is 129 Å². The van der Waals surface area contributed by atoms with Crippen molar-refractivity contribution < 1.29 is 9.66 Å². The predicted molar refractivity (Wildman–Crippen MR) is 84.3 cm³/mol. The molecular formula is C15H10ClNO3S. The summed E-state index contributed by atoms with van der Waals surface area (Å²) in [5, 5.41) is 14.5. The van der Waals surface area contributed by atoms with Crippen LogP contribution in [-0.2, 0) is 6.61 Å². The van der Waals surface area contributed by atoms with Crippen LogP contribution in [-0.4, -0.2) is 4.92 Å². The minimum absolute atomic E-state index is 0.0843. The van der Waals surface area contributed by atoms with Gasteiger partial charge in [-0.2, -0.15) is 0 Å². The van der Waals surface area contributed by atoms with Crippen molar-refractivity contribution in [2.75, 3.05) is 0 Å². The molecule has 0 N–H and O–H groups in total. The van der Waals surface area contributed by atoms with E-state index in [1.54, 1.807) is 11.3 Å². The first-order valence-corrected chi connectivity index (χ1v) is 7.43. The molecule has 1 heterocycles. The minimum Gasteiger partial charge on any atom is -0.482 e. The molecule has 0 unspecified atom stereocenters. The zero-order chi connectivity index (χ0) is 14.8. The summed E-state index contributed by atoms with van der Waals surface area (Å²) >= 11 is 7.50. The van der Waals surface area contributed by atoms with E-state index in [-0.39, 0.29) is 18.0 Å². The zero-order valence-corrected chi connectivity index (χ0v) is 12.4. The molecule has 0 spiro atoms. The number of hydrogen-bond acceptors (Lipinski definition) is 4. The van der Waals surface area contributed by atoms with E-state index in [4.69, 9.17) is 16.3 Å². The number of hydrogen-bond donors (Lipinski definition) is 0. The van der Waals surface area contributed by atoms with Gasteiger partial charge in [0.15, 0.2) is 5.75 Å². The van der Waals surface area contributed by atoms with Gasteiger partial charge in [-0.1, -0.05) is 29.8 Å². The molecule has 21 heavy (non-hydrogen) atoms. The Hall–Kier alpha value is -2.11. The van der Waals surface area contributed by atoms with Gasteiger partial charge in [0.25, 0.3) is 0 Å². The van der Waals surface area contributed by atoms with Gasteiger partial charge in [-0.15, -0.1) is 11.3 Å². The van der Waals surface area contributed by atoms with Crippen LogP contribution >= 0.6 is 22.9 Å². The Balaban J connectivity index is 1.88. The number of rotatable bonds is 4. The molecule has 0 aliphatic carbocycles. The summed E-state index contributed by atoms with van der Waals surface area (Å²) in [6.07, 6.45) is 0. The Kier molecular flexibility index (Phi) is 3.77. The molecule has 3 aromatic rings. The summed E-state index contributed by atoms with van der Waals surface area (Å²) in [5.41, 5.74) is 0.920. The fraction of sp³-hybridized carbons (Fsp3) is 0.0667. The molecule has 0 fully saturated rings. The van der Waals surface area contributed by atoms with Crippen molar-refractivity contribution in [3.05, 3.63) is 68.5 Å². The smallest absolute Gasteiger partial charge is 0.311 e. The Morgan fingerprint density at radius 2 is 2.05 bits per heavy atom. The van der Waals surface area contributed by atoms with Gasteiger partial charge in [-0.25, -0.2) is 0 Å². The summed E-state index contributed by atoms with van der Waals surface area (Å²) in [5.74, 6) is 0.183. The molecule has 3 rings (SSSR count). The van der Waals surface area contributed by atoms with Crippen molar-refractivity contribution in [1.82, 2.24) is 0 Å². The monoisotopic (exact) mass is 319 g/mol. The number of thiophene rings is 1. The molecule has 0 saturated carbocycles. The van der Waals surface area contributed by atoms with Crippen molar-refractivity contribution in [1.29, 1.82) is 0 Å². The maximum Gasteiger partial charge on any atom is 0.311 e. The molecule has 0 aliphatic heterocycles. The third-order valence-corrected chi connectivity index (χ3v) is 4.31. The number of nitro benzene ring substituents is 1. The number of benzene rings is 2. The van der Waals surface area contributed by atoms with Crippen molar-refractivity contribution in [2.24, 2.45) is 0 Å². The average Bonchev–Trinajstić information content (AvgIpc) is 2.88. The van der Waals surface area contributed by atoms with Crippen LogP contribution < -0.4 is 4.74 Å². The first kappa shape index (κ1) is 13.9. The van der Waals surface area contributed by atoms with E-state index in [0.717, 1.165) is 15.6 Å². The van der Waals surface area contributed by atoms with Gasteiger partial charge in [0, 0.05) is 27.4 Å². The van der Waals surface area contributed by atoms with Gasteiger partial charge in [0.05, 0.1) is 4.92 Å². The summed E-state index contributed by atoms with van der Waals surface area (Å²) < 4.78 is 6.78. The quantitative estimate of drug-likeness (QED) is 0.500. The third kappa shape index (κ3) is 2.84. The zero-order valence-electron chi connectivity index (χ0n) is 10.8. The summed E-state index contributed by atoms with van der Waals surface area (Å²) in [6.45, 7) is 0.269. The highest BCUT2D eigenvalue weighted by molar-refractivity contribution is 7.17. The second-order valence-electron chi connectivity index (χ2n) is 4.41. The van der Waals surface area contributed by atoms with E-state index in [0.29, 0.717) is 5.02 Å². The van der Waals surface area contributed by atoms with Crippen molar-refractivity contribution in [3.8, 4) is 5.75 Å². The molecule has 0 bridgehead atoms. The number of nitrogens with zero attached hydrogens (tertiary/aromatic N) is 1. The van der Waals surface area contributed by atoms with Crippen LogP contribution in [0.3, 0.4) is 0 Å². The molecule has 6 heteroatoms. The first-order chi connectivity index (χ1) is 10.1. The van der Waals surface area contributed by atoms with E-state index >= 15 is 0 Å². The Morgan fingerprint density at radius 3 is 2.86 bits per heavy atom. The van der Waals surface area contributed by atoms with E-state index in [9.17, 15) is 10.1 Å². The maximum absolute atomic E-state index is 11.0. The topological polar surface area (TPSA) is 52.4 Å². The number of nitro groups is 1. The highest BCUT2D eigenvalue weighted by Gasteiger charge is 2.16. The van der Waals surface area contributed by atoms with Gasteiger partial charge < -0.3 is 4.74 Å². The van der Waals surface area contributed by atoms with Crippen LogP contribution in [0.5, 0.6) is 5.75 Å². The number of fused-ring (bicyclic) bond motifs is 1. The lowest BCUT2D eigenvalue weighted by Gasteiger charge is -2.06. The third-order valence-electron chi connectivity index (χ3n) is 3.06. The van der Waals surface area contributed by atoms with Gasteiger partial charge >= 0.3 is 5.69 Å². The van der Waals surface area contributed by atoms with Crippen LogP contribution in [0.15, 0.2) is 47.8 Å². The normalized spacial score (nSPS) is 10.7. The molecule has 4 nitrogen and oxygen atoms in total. The van der Waals surface area contributed by atoms with E-state index < -0.39 is 4.92 Å². The average molecular weight is 320 g/mol. The van der Waals surface area contributed by atoms with Gasteiger partial charge in [0.1, 0.15) is 6.61 Å². The molecule has 0 amide bonds. The summed E-state index contributed by atoms with van der Waals surface area (Å²) in [4.78, 5) is 10.5. The highest BCUT2D eigenvalue weighted by atomic mass is 35.5. The molecule has 2 aromatic carbocycles. The van der Waals surface area contributed by atoms with Gasteiger partial charge in [0.2, 0.25) is 0 Å². The predicted octanol–water partition coefficient (Wildman–Crippen LogP) is 5.04. The van der Waals surface area contributed by atoms with Crippen LogP contribution in [0.4, 0.5) is 5.69 Å². The second-order valence-corrected chi connectivity index (χ2v) is 5.76. The molecule has 0 saturated heterocycles. The maximum atomic E-state index is 11.0. The van der Waals surface area contributed by atoms with Crippen molar-refractivity contribution in [2.45, 2.75) is 6.61 Å². The lowest BCUT2D eigenvalue weighted by molar-refractivity contribution is -0.385. The van der Waals surface area contributed by atoms with E-state index in [1.165, 1.54) is 18.2 Å². The Morgan fingerprint density at radius 1 is 1.24 bits per heavy atom. The molecule has 1 aromatic heterocycles. The second kappa shape index (κ2) is 5.71. The molecule has 106 valence electrons. The molecule has 0 aliphatic rings. The van der Waals surface area contributed by atoms with Crippen molar-refractivity contribution in [3.63, 3.8) is 0 Å². The lowest BCUT2D eigenvalue weighted by Crippen LogP contribution is -1.98. The van der Waals surface area contributed by atoms with Crippen LogP contribution in [0, 0.1) is 10.1 Å². The fourth-order valence-corrected chi connectivity index (χ4v) is 3.16. The largest absolute Gasteiger partial charge is 0.482 e.